The molecule has 246 valence electrons. The third kappa shape index (κ3) is 4.65. The Labute approximate surface area is 299 Å². The maximum absolute atomic E-state index is 6.35. The Balaban J connectivity index is 1.21. The van der Waals surface area contributed by atoms with Crippen molar-refractivity contribution in [3.05, 3.63) is 192 Å². The van der Waals surface area contributed by atoms with Gasteiger partial charge in [-0.2, -0.15) is 0 Å². The van der Waals surface area contributed by atoms with Gasteiger partial charge in [0.1, 0.15) is 11.2 Å². The molecule has 51 heavy (non-hydrogen) atoms. The predicted molar refractivity (Wildman–Crippen MR) is 212 cm³/mol. The summed E-state index contributed by atoms with van der Waals surface area (Å²) in [6, 6.07) is 59.6. The van der Waals surface area contributed by atoms with Crippen LogP contribution in [0.1, 0.15) is 40.7 Å². The fourth-order valence-corrected chi connectivity index (χ4v) is 9.23. The zero-order valence-electron chi connectivity index (χ0n) is 28.7. The summed E-state index contributed by atoms with van der Waals surface area (Å²) in [7, 11) is 0. The van der Waals surface area contributed by atoms with Crippen LogP contribution in [0.4, 0.5) is 34.1 Å². The molecule has 1 heterocycles. The van der Waals surface area contributed by atoms with Crippen molar-refractivity contribution in [3.63, 3.8) is 0 Å². The van der Waals surface area contributed by atoms with Gasteiger partial charge in [-0.05, 0) is 133 Å². The topological polar surface area (TPSA) is 19.6 Å². The molecule has 0 aliphatic heterocycles. The second-order valence-electron chi connectivity index (χ2n) is 14.1. The van der Waals surface area contributed by atoms with Crippen molar-refractivity contribution in [2.24, 2.45) is 0 Å². The van der Waals surface area contributed by atoms with Gasteiger partial charge in [0.2, 0.25) is 0 Å². The molecule has 0 fully saturated rings. The van der Waals surface area contributed by atoms with E-state index >= 15 is 0 Å². The van der Waals surface area contributed by atoms with E-state index in [0.29, 0.717) is 0 Å². The molecule has 0 radical (unpaired) electrons. The maximum Gasteiger partial charge on any atom is 0.135 e. The van der Waals surface area contributed by atoms with Crippen LogP contribution in [0.15, 0.2) is 168 Å². The highest BCUT2D eigenvalue weighted by atomic mass is 16.3. The number of para-hydroxylation sites is 3. The quantitative estimate of drug-likeness (QED) is 0.177. The molecular formula is C48H38N2O. The average Bonchev–Trinajstić information content (AvgIpc) is 3.88. The smallest absolute Gasteiger partial charge is 0.135 e. The van der Waals surface area contributed by atoms with E-state index in [9.17, 15) is 0 Å². The minimum absolute atomic E-state index is 0.129. The van der Waals surface area contributed by atoms with Crippen molar-refractivity contribution < 1.29 is 4.42 Å². The Morgan fingerprint density at radius 2 is 0.980 bits per heavy atom. The minimum atomic E-state index is -0.129. The van der Waals surface area contributed by atoms with Crippen LogP contribution in [0.25, 0.3) is 21.9 Å². The zero-order valence-corrected chi connectivity index (χ0v) is 28.7. The molecule has 2 aliphatic rings. The Bertz CT molecular complexity index is 2510. The van der Waals surface area contributed by atoms with Gasteiger partial charge in [0.05, 0.1) is 11.4 Å². The number of fused-ring (bicyclic) bond motifs is 7. The first-order chi connectivity index (χ1) is 25.2. The molecule has 1 aromatic heterocycles. The summed E-state index contributed by atoms with van der Waals surface area (Å²) >= 11 is 0. The molecule has 0 amide bonds. The summed E-state index contributed by atoms with van der Waals surface area (Å²) in [4.78, 5) is 4.97. The molecule has 1 atom stereocenters. The van der Waals surface area contributed by atoms with Crippen molar-refractivity contribution in [1.29, 1.82) is 0 Å². The van der Waals surface area contributed by atoms with Gasteiger partial charge < -0.3 is 14.2 Å². The highest BCUT2D eigenvalue weighted by molar-refractivity contribution is 6.08. The molecular weight excluding hydrogens is 621 g/mol. The Hall–Kier alpha value is -6.06. The van der Waals surface area contributed by atoms with E-state index in [-0.39, 0.29) is 5.41 Å². The monoisotopic (exact) mass is 658 g/mol. The van der Waals surface area contributed by atoms with Crippen LogP contribution in [0.2, 0.25) is 0 Å². The molecule has 0 N–H and O–H groups in total. The van der Waals surface area contributed by atoms with Gasteiger partial charge in [0, 0.05) is 38.9 Å². The molecule has 7 aromatic carbocycles. The number of furan rings is 1. The van der Waals surface area contributed by atoms with Crippen LogP contribution in [0.5, 0.6) is 0 Å². The first kappa shape index (κ1) is 29.8. The minimum Gasteiger partial charge on any atom is -0.456 e. The normalized spacial score (nSPS) is 16.1. The van der Waals surface area contributed by atoms with Crippen LogP contribution < -0.4 is 9.80 Å². The van der Waals surface area contributed by atoms with Crippen LogP contribution in [-0.2, 0) is 18.3 Å². The Kier molecular flexibility index (Phi) is 6.89. The first-order valence-electron chi connectivity index (χ1n) is 18.1. The van der Waals surface area contributed by atoms with Crippen molar-refractivity contribution in [3.8, 4) is 0 Å². The Morgan fingerprint density at radius 3 is 1.53 bits per heavy atom. The van der Waals surface area contributed by atoms with E-state index in [0.717, 1.165) is 53.6 Å². The summed E-state index contributed by atoms with van der Waals surface area (Å²) in [5.74, 6) is 0. The second-order valence-corrected chi connectivity index (χ2v) is 14.1. The van der Waals surface area contributed by atoms with Crippen LogP contribution in [0.3, 0.4) is 0 Å². The summed E-state index contributed by atoms with van der Waals surface area (Å²) in [6.07, 6.45) is 4.30. The van der Waals surface area contributed by atoms with Gasteiger partial charge >= 0.3 is 0 Å². The van der Waals surface area contributed by atoms with E-state index < -0.39 is 0 Å². The van der Waals surface area contributed by atoms with Crippen molar-refractivity contribution in [2.75, 3.05) is 9.80 Å². The SMILES string of the molecule is Cc1cccc2oc3ccc(N(c4ccccc4)c4cccc5c4[C@]4(CCc6cccc(N(c7ccccc7)c7ccccc7)c64)CC5)cc3c12. The highest BCUT2D eigenvalue weighted by Gasteiger charge is 2.49. The van der Waals surface area contributed by atoms with E-state index in [2.05, 4.69) is 181 Å². The highest BCUT2D eigenvalue weighted by Crippen LogP contribution is 2.59. The standard InChI is InChI=1S/C48H38N2O/c1-33-14-11-25-44-45(33)40-32-39(26-27-43(40)51-44)50(38-21-9-4-10-22-38)42-24-13-16-35-29-31-48(47(35)42)30-28-34-15-12-23-41(46(34)48)49(36-17-5-2-6-18-36)37-19-7-3-8-20-37/h2-27,32H,28-31H2,1H3/t48-/m1/s1. The van der Waals surface area contributed by atoms with Gasteiger partial charge in [-0.1, -0.05) is 91.0 Å². The number of anilines is 6. The largest absolute Gasteiger partial charge is 0.456 e. The van der Waals surface area contributed by atoms with Crippen LogP contribution in [0, 0.1) is 6.92 Å². The average molecular weight is 659 g/mol. The molecule has 2 aliphatic carbocycles. The zero-order chi connectivity index (χ0) is 33.9. The van der Waals surface area contributed by atoms with E-state index in [4.69, 9.17) is 4.42 Å². The number of rotatable bonds is 6. The lowest BCUT2D eigenvalue weighted by Gasteiger charge is -2.37. The lowest BCUT2D eigenvalue weighted by molar-refractivity contribution is 0.508. The second kappa shape index (κ2) is 11.8. The van der Waals surface area contributed by atoms with Crippen molar-refractivity contribution in [2.45, 2.75) is 38.0 Å². The van der Waals surface area contributed by atoms with Crippen LogP contribution in [-0.4, -0.2) is 0 Å². The Morgan fingerprint density at radius 1 is 0.471 bits per heavy atom. The van der Waals surface area contributed by atoms with Gasteiger partial charge in [0.15, 0.2) is 0 Å². The molecule has 0 bridgehead atoms. The fraction of sp³-hybridized carbons (Fsp3) is 0.125. The summed E-state index contributed by atoms with van der Waals surface area (Å²) in [5, 5.41) is 2.34. The number of nitrogens with zero attached hydrogens (tertiary/aromatic N) is 2. The molecule has 8 aromatic rings. The van der Waals surface area contributed by atoms with Gasteiger partial charge in [-0.3, -0.25) is 0 Å². The molecule has 3 nitrogen and oxygen atoms in total. The first-order valence-corrected chi connectivity index (χ1v) is 18.1. The molecule has 0 saturated carbocycles. The number of benzene rings is 7. The molecule has 0 saturated heterocycles. The number of aryl methyl sites for hydroxylation is 3. The molecule has 10 rings (SSSR count). The predicted octanol–water partition coefficient (Wildman–Crippen LogP) is 13.0. The molecule has 3 heteroatoms. The maximum atomic E-state index is 6.35. The van der Waals surface area contributed by atoms with Crippen molar-refractivity contribution >= 4 is 56.1 Å². The fourth-order valence-electron chi connectivity index (χ4n) is 9.23. The number of hydrogen-bond donors (Lipinski definition) is 0. The molecule has 0 unspecified atom stereocenters. The van der Waals surface area contributed by atoms with E-state index in [1.54, 1.807) is 0 Å². The van der Waals surface area contributed by atoms with Gasteiger partial charge in [0.25, 0.3) is 0 Å². The number of hydrogen-bond acceptors (Lipinski definition) is 3. The van der Waals surface area contributed by atoms with E-state index in [1.165, 1.54) is 56.0 Å². The summed E-state index contributed by atoms with van der Waals surface area (Å²) in [6.45, 7) is 2.18. The third-order valence-corrected chi connectivity index (χ3v) is 11.3. The summed E-state index contributed by atoms with van der Waals surface area (Å²) in [5.41, 5.74) is 16.0. The molecule has 1 spiro atoms. The van der Waals surface area contributed by atoms with Crippen LogP contribution >= 0.6 is 0 Å². The third-order valence-electron chi connectivity index (χ3n) is 11.3. The van der Waals surface area contributed by atoms with Gasteiger partial charge in [-0.15, -0.1) is 0 Å². The van der Waals surface area contributed by atoms with Crippen molar-refractivity contribution in [1.82, 2.24) is 0 Å². The summed E-state index contributed by atoms with van der Waals surface area (Å²) < 4.78 is 6.35. The lowest BCUT2D eigenvalue weighted by atomic mass is 9.74. The van der Waals surface area contributed by atoms with Gasteiger partial charge in [-0.25, -0.2) is 0 Å². The van der Waals surface area contributed by atoms with E-state index in [1.807, 2.05) is 0 Å². The lowest BCUT2D eigenvalue weighted by Crippen LogP contribution is -2.27.